The fourth-order valence-electron chi connectivity index (χ4n) is 5.01. The third-order valence-corrected chi connectivity index (χ3v) is 7.31. The number of fused-ring (bicyclic) bond motifs is 2. The molecule has 3 aromatic carbocycles. The minimum Gasteiger partial charge on any atom is -0.481 e. The zero-order chi connectivity index (χ0) is 27.9. The molecule has 0 saturated carbocycles. The van der Waals surface area contributed by atoms with Crippen molar-refractivity contribution in [3.8, 4) is 0 Å². The Balaban J connectivity index is 0.000000183. The highest BCUT2D eigenvalue weighted by Gasteiger charge is 2.28. The molecule has 204 valence electrons. The van der Waals surface area contributed by atoms with Gasteiger partial charge in [0.15, 0.2) is 0 Å². The molecule has 1 unspecified atom stereocenters. The van der Waals surface area contributed by atoms with Crippen LogP contribution in [0.25, 0.3) is 0 Å². The Morgan fingerprint density at radius 3 is 1.56 bits per heavy atom. The number of aryl methyl sites for hydroxylation is 1. The van der Waals surface area contributed by atoms with E-state index in [1.165, 1.54) is 16.7 Å². The van der Waals surface area contributed by atoms with Crippen molar-refractivity contribution in [2.45, 2.75) is 64.4 Å². The standard InChI is InChI=1S/C18H20N2O.C13H16N2O3/c1-13-6-2-3-7-14(13)10-17(19)18(21)20-11-15-8-4-5-9-16(15)12-20;14-11(5-6-12(16)17)13(18)15-7-9-3-1-2-4-10(9)8-15/h2-9,17H,10-12,19H2,1H3;1-4,11H,5-8,14H2,(H,16,17)/t;11-/m.1/s1. The van der Waals surface area contributed by atoms with Crippen LogP contribution in [0.15, 0.2) is 72.8 Å². The molecule has 5 N–H and O–H groups in total. The average Bonchev–Trinajstić information content (AvgIpc) is 3.57. The molecule has 8 nitrogen and oxygen atoms in total. The Morgan fingerprint density at radius 2 is 1.13 bits per heavy atom. The predicted octanol–water partition coefficient (Wildman–Crippen LogP) is 3.13. The molecule has 5 rings (SSSR count). The summed E-state index contributed by atoms with van der Waals surface area (Å²) >= 11 is 0. The van der Waals surface area contributed by atoms with Gasteiger partial charge in [0, 0.05) is 32.6 Å². The van der Waals surface area contributed by atoms with Gasteiger partial charge < -0.3 is 26.4 Å². The molecular formula is C31H36N4O4. The summed E-state index contributed by atoms with van der Waals surface area (Å²) in [5.41, 5.74) is 18.9. The van der Waals surface area contributed by atoms with Gasteiger partial charge in [0.05, 0.1) is 12.1 Å². The maximum absolute atomic E-state index is 12.5. The first-order valence-electron chi connectivity index (χ1n) is 13.2. The number of aliphatic carboxylic acids is 1. The monoisotopic (exact) mass is 528 g/mol. The molecule has 2 atom stereocenters. The predicted molar refractivity (Wildman–Crippen MR) is 149 cm³/mol. The molecule has 2 aliphatic rings. The molecule has 0 aromatic heterocycles. The normalized spacial score (nSPS) is 15.1. The second kappa shape index (κ2) is 12.7. The van der Waals surface area contributed by atoms with Gasteiger partial charge in [-0.05, 0) is 53.1 Å². The summed E-state index contributed by atoms with van der Waals surface area (Å²) in [6, 6.07) is 22.9. The second-order valence-electron chi connectivity index (χ2n) is 10.2. The van der Waals surface area contributed by atoms with Crippen LogP contribution in [-0.2, 0) is 47.0 Å². The van der Waals surface area contributed by atoms with Crippen molar-refractivity contribution in [2.24, 2.45) is 11.5 Å². The van der Waals surface area contributed by atoms with Crippen molar-refractivity contribution in [1.29, 1.82) is 0 Å². The average molecular weight is 529 g/mol. The highest BCUT2D eigenvalue weighted by Crippen LogP contribution is 2.24. The molecule has 0 saturated heterocycles. The lowest BCUT2D eigenvalue weighted by molar-refractivity contribution is -0.138. The van der Waals surface area contributed by atoms with Gasteiger partial charge in [-0.25, -0.2) is 0 Å². The largest absolute Gasteiger partial charge is 0.481 e. The first-order chi connectivity index (χ1) is 18.7. The van der Waals surface area contributed by atoms with E-state index in [2.05, 4.69) is 25.1 Å². The number of carboxylic acid groups (broad SMARTS) is 1. The number of carboxylic acids is 1. The van der Waals surface area contributed by atoms with E-state index < -0.39 is 18.1 Å². The van der Waals surface area contributed by atoms with Gasteiger partial charge in [-0.2, -0.15) is 0 Å². The fraction of sp³-hybridized carbons (Fsp3) is 0.323. The van der Waals surface area contributed by atoms with E-state index in [9.17, 15) is 14.4 Å². The number of benzene rings is 3. The number of carbonyl (C=O) groups excluding carboxylic acids is 2. The summed E-state index contributed by atoms with van der Waals surface area (Å²) < 4.78 is 0. The second-order valence-corrected chi connectivity index (χ2v) is 10.2. The molecule has 0 bridgehead atoms. The summed E-state index contributed by atoms with van der Waals surface area (Å²) in [5, 5.41) is 8.57. The minimum absolute atomic E-state index is 0.0365. The number of hydrogen-bond donors (Lipinski definition) is 3. The zero-order valence-electron chi connectivity index (χ0n) is 22.3. The molecule has 3 aromatic rings. The number of nitrogens with two attached hydrogens (primary N) is 2. The molecule has 8 heteroatoms. The fourth-order valence-corrected chi connectivity index (χ4v) is 5.01. The number of hydrogen-bond acceptors (Lipinski definition) is 5. The summed E-state index contributed by atoms with van der Waals surface area (Å²) in [6.45, 7) is 4.54. The maximum atomic E-state index is 12.5. The van der Waals surface area contributed by atoms with Crippen LogP contribution in [0.1, 0.15) is 46.2 Å². The van der Waals surface area contributed by atoms with Crippen LogP contribution in [-0.4, -0.2) is 44.8 Å². The van der Waals surface area contributed by atoms with E-state index >= 15 is 0 Å². The molecule has 39 heavy (non-hydrogen) atoms. The first-order valence-corrected chi connectivity index (χ1v) is 13.2. The number of nitrogens with zero attached hydrogens (tertiary/aromatic N) is 2. The van der Waals surface area contributed by atoms with Gasteiger partial charge in [0.1, 0.15) is 0 Å². The van der Waals surface area contributed by atoms with Gasteiger partial charge in [0.25, 0.3) is 0 Å². The Bertz CT molecular complexity index is 1290. The van der Waals surface area contributed by atoms with Crippen molar-refractivity contribution in [3.05, 3.63) is 106 Å². The van der Waals surface area contributed by atoms with Gasteiger partial charge in [-0.1, -0.05) is 72.8 Å². The first kappa shape index (κ1) is 28.0. The van der Waals surface area contributed by atoms with E-state index in [4.69, 9.17) is 16.6 Å². The lowest BCUT2D eigenvalue weighted by atomic mass is 10.0. The van der Waals surface area contributed by atoms with Crippen molar-refractivity contribution < 1.29 is 19.5 Å². The van der Waals surface area contributed by atoms with E-state index in [0.29, 0.717) is 32.6 Å². The lowest BCUT2D eigenvalue weighted by Crippen LogP contribution is -2.42. The molecule has 0 spiro atoms. The van der Waals surface area contributed by atoms with E-state index in [1.807, 2.05) is 59.5 Å². The number of amides is 2. The third kappa shape index (κ3) is 7.10. The molecule has 0 radical (unpaired) electrons. The minimum atomic E-state index is -0.928. The Hall–Kier alpha value is -4.01. The van der Waals surface area contributed by atoms with Crippen molar-refractivity contribution in [2.75, 3.05) is 0 Å². The Morgan fingerprint density at radius 1 is 0.718 bits per heavy atom. The van der Waals surface area contributed by atoms with Crippen molar-refractivity contribution in [1.82, 2.24) is 9.80 Å². The highest BCUT2D eigenvalue weighted by atomic mass is 16.4. The Labute approximate surface area is 229 Å². The maximum Gasteiger partial charge on any atom is 0.303 e. The molecule has 2 amide bonds. The molecular weight excluding hydrogens is 492 g/mol. The molecule has 2 aliphatic heterocycles. The number of rotatable bonds is 7. The topological polar surface area (TPSA) is 130 Å². The van der Waals surface area contributed by atoms with Gasteiger partial charge in [-0.3, -0.25) is 14.4 Å². The molecule has 2 heterocycles. The quantitative estimate of drug-likeness (QED) is 0.432. The molecule has 0 aliphatic carbocycles. The van der Waals surface area contributed by atoms with Crippen molar-refractivity contribution in [3.63, 3.8) is 0 Å². The smallest absolute Gasteiger partial charge is 0.303 e. The summed E-state index contributed by atoms with van der Waals surface area (Å²) in [4.78, 5) is 38.5. The van der Waals surface area contributed by atoms with Gasteiger partial charge in [-0.15, -0.1) is 0 Å². The van der Waals surface area contributed by atoms with Crippen LogP contribution in [0.2, 0.25) is 0 Å². The zero-order valence-corrected chi connectivity index (χ0v) is 22.3. The SMILES string of the molecule is Cc1ccccc1CC(N)C(=O)N1Cc2ccccc2C1.N[C@H](CCC(=O)O)C(=O)N1Cc2ccccc2C1. The Kier molecular flexibility index (Phi) is 9.11. The molecule has 0 fully saturated rings. The number of carbonyl (C=O) groups is 3. The van der Waals surface area contributed by atoms with Crippen LogP contribution < -0.4 is 11.5 Å². The van der Waals surface area contributed by atoms with Crippen LogP contribution >= 0.6 is 0 Å². The van der Waals surface area contributed by atoms with Gasteiger partial charge in [0.2, 0.25) is 11.8 Å². The van der Waals surface area contributed by atoms with Crippen molar-refractivity contribution >= 4 is 17.8 Å². The van der Waals surface area contributed by atoms with Crippen LogP contribution in [0.4, 0.5) is 0 Å². The summed E-state index contributed by atoms with van der Waals surface area (Å²) in [7, 11) is 0. The van der Waals surface area contributed by atoms with E-state index in [1.54, 1.807) is 4.90 Å². The van der Waals surface area contributed by atoms with E-state index in [-0.39, 0.29) is 24.7 Å². The third-order valence-electron chi connectivity index (χ3n) is 7.31. The van der Waals surface area contributed by atoms with Crippen LogP contribution in [0.5, 0.6) is 0 Å². The van der Waals surface area contributed by atoms with E-state index in [0.717, 1.165) is 16.7 Å². The van der Waals surface area contributed by atoms with Gasteiger partial charge >= 0.3 is 5.97 Å². The lowest BCUT2D eigenvalue weighted by Gasteiger charge is -2.21. The summed E-state index contributed by atoms with van der Waals surface area (Å²) in [6.07, 6.45) is 0.701. The van der Waals surface area contributed by atoms with Crippen LogP contribution in [0.3, 0.4) is 0 Å². The van der Waals surface area contributed by atoms with Crippen LogP contribution in [0, 0.1) is 6.92 Å². The summed E-state index contributed by atoms with van der Waals surface area (Å²) in [5.74, 6) is -1.06. The highest BCUT2D eigenvalue weighted by molar-refractivity contribution is 5.83.